The average molecular weight is 395 g/mol. The van der Waals surface area contributed by atoms with E-state index in [4.69, 9.17) is 4.42 Å². The summed E-state index contributed by atoms with van der Waals surface area (Å²) in [5.41, 5.74) is 2.62. The van der Waals surface area contributed by atoms with Crippen molar-refractivity contribution < 1.29 is 14.0 Å². The molecule has 0 bridgehead atoms. The van der Waals surface area contributed by atoms with Gasteiger partial charge in [-0.1, -0.05) is 17.7 Å². The topological polar surface area (TPSA) is 76.6 Å². The predicted octanol–water partition coefficient (Wildman–Crippen LogP) is 3.44. The number of furan rings is 1. The quantitative estimate of drug-likeness (QED) is 0.719. The molecular formula is C21H21N3O3S. The van der Waals surface area contributed by atoms with Crippen molar-refractivity contribution in [2.45, 2.75) is 39.3 Å². The summed E-state index contributed by atoms with van der Waals surface area (Å²) in [5.74, 6) is 0.496. The minimum atomic E-state index is -0.278. The number of hydrogen-bond donors (Lipinski definition) is 1. The minimum absolute atomic E-state index is 0.180. The van der Waals surface area contributed by atoms with E-state index in [1.54, 1.807) is 24.3 Å². The van der Waals surface area contributed by atoms with Crippen LogP contribution >= 0.6 is 11.3 Å². The van der Waals surface area contributed by atoms with Crippen LogP contribution in [0.3, 0.4) is 0 Å². The molecule has 4 rings (SSSR count). The normalized spacial score (nSPS) is 14.3. The first-order valence-corrected chi connectivity index (χ1v) is 10.1. The lowest BCUT2D eigenvalue weighted by atomic mass is 10.1. The maximum atomic E-state index is 12.5. The number of aryl methyl sites for hydroxylation is 2. The van der Waals surface area contributed by atoms with Gasteiger partial charge < -0.3 is 14.3 Å². The molecule has 3 aromatic rings. The molecule has 7 heteroatoms. The molecule has 1 N–H and O–H groups in total. The summed E-state index contributed by atoms with van der Waals surface area (Å²) in [6, 6.07) is 11.1. The molecule has 1 fully saturated rings. The van der Waals surface area contributed by atoms with Crippen LogP contribution in [0, 0.1) is 13.8 Å². The molecule has 2 heterocycles. The highest BCUT2D eigenvalue weighted by Crippen LogP contribution is 2.20. The molecule has 0 aliphatic heterocycles. The number of carbonyl (C=O) groups excluding carboxylic acids is 2. The molecule has 1 aliphatic rings. The lowest BCUT2D eigenvalue weighted by Crippen LogP contribution is -2.24. The van der Waals surface area contributed by atoms with Crippen molar-refractivity contribution in [2.24, 2.45) is 4.99 Å². The van der Waals surface area contributed by atoms with E-state index in [0.717, 1.165) is 24.1 Å². The number of thiazole rings is 1. The molecule has 0 spiro atoms. The molecule has 2 aromatic heterocycles. The summed E-state index contributed by atoms with van der Waals surface area (Å²) >= 11 is 1.41. The Hall–Kier alpha value is -2.93. The van der Waals surface area contributed by atoms with Gasteiger partial charge in [0.1, 0.15) is 5.76 Å². The average Bonchev–Trinajstić information content (AvgIpc) is 3.25. The summed E-state index contributed by atoms with van der Waals surface area (Å²) in [5, 5.41) is 4.86. The maximum absolute atomic E-state index is 12.5. The Morgan fingerprint density at radius 1 is 1.18 bits per heavy atom. The summed E-state index contributed by atoms with van der Waals surface area (Å²) in [4.78, 5) is 29.5. The van der Waals surface area contributed by atoms with E-state index in [1.165, 1.54) is 11.3 Å². The molecule has 1 saturated carbocycles. The van der Waals surface area contributed by atoms with Gasteiger partial charge in [-0.05, 0) is 51.0 Å². The van der Waals surface area contributed by atoms with Crippen LogP contribution in [0.2, 0.25) is 0 Å². The number of nitrogens with zero attached hydrogens (tertiary/aromatic N) is 2. The molecular weight excluding hydrogens is 374 g/mol. The molecule has 0 atom stereocenters. The summed E-state index contributed by atoms with van der Waals surface area (Å²) in [6.45, 7) is 4.34. The molecule has 1 aromatic carbocycles. The van der Waals surface area contributed by atoms with Gasteiger partial charge in [-0.2, -0.15) is 4.99 Å². The number of carbonyl (C=O) groups is 2. The van der Waals surface area contributed by atoms with Gasteiger partial charge in [0.25, 0.3) is 11.8 Å². The maximum Gasteiger partial charge on any atom is 0.287 e. The van der Waals surface area contributed by atoms with E-state index in [9.17, 15) is 9.59 Å². The molecule has 0 radical (unpaired) electrons. The summed E-state index contributed by atoms with van der Waals surface area (Å²) < 4.78 is 7.62. The Morgan fingerprint density at radius 3 is 2.64 bits per heavy atom. The largest absolute Gasteiger partial charge is 0.454 e. The van der Waals surface area contributed by atoms with Crippen LogP contribution in [-0.2, 0) is 6.54 Å². The second-order valence-corrected chi connectivity index (χ2v) is 7.88. The van der Waals surface area contributed by atoms with E-state index in [0.29, 0.717) is 28.4 Å². The van der Waals surface area contributed by atoms with Crippen LogP contribution in [0.5, 0.6) is 0 Å². The van der Waals surface area contributed by atoms with Gasteiger partial charge in [0.05, 0.1) is 6.54 Å². The van der Waals surface area contributed by atoms with Crippen molar-refractivity contribution >= 4 is 23.2 Å². The fourth-order valence-corrected chi connectivity index (χ4v) is 3.64. The summed E-state index contributed by atoms with van der Waals surface area (Å²) in [6.07, 6.45) is 2.06. The van der Waals surface area contributed by atoms with Crippen molar-refractivity contribution in [3.8, 4) is 0 Å². The first-order valence-electron chi connectivity index (χ1n) is 9.20. The molecule has 0 saturated heterocycles. The van der Waals surface area contributed by atoms with Gasteiger partial charge >= 0.3 is 0 Å². The third kappa shape index (κ3) is 4.14. The Morgan fingerprint density at radius 2 is 1.93 bits per heavy atom. The SMILES string of the molecule is Cc1ccc(C(=O)N=c2scc(C)n2Cc2ccc(C(=O)NC3CC3)o2)cc1. The first kappa shape index (κ1) is 18.4. The standard InChI is InChI=1S/C21H21N3O3S/c1-13-3-5-15(6-4-13)19(25)23-21-24(14(2)12-28-21)11-17-9-10-18(27-17)20(26)22-16-7-8-16/h3-6,9-10,12,16H,7-8,11H2,1-2H3,(H,22,26). The van der Waals surface area contributed by atoms with E-state index in [2.05, 4.69) is 10.3 Å². The van der Waals surface area contributed by atoms with Crippen LogP contribution in [0.15, 0.2) is 51.2 Å². The first-order chi connectivity index (χ1) is 13.5. The number of aromatic nitrogens is 1. The Labute approximate surface area is 166 Å². The lowest BCUT2D eigenvalue weighted by Gasteiger charge is -2.04. The number of amides is 2. The fourth-order valence-electron chi connectivity index (χ4n) is 2.77. The summed E-state index contributed by atoms with van der Waals surface area (Å²) in [7, 11) is 0. The number of hydrogen-bond acceptors (Lipinski definition) is 4. The zero-order valence-electron chi connectivity index (χ0n) is 15.8. The highest BCUT2D eigenvalue weighted by Gasteiger charge is 2.25. The van der Waals surface area contributed by atoms with Crippen molar-refractivity contribution in [3.05, 3.63) is 74.9 Å². The van der Waals surface area contributed by atoms with Crippen LogP contribution in [0.25, 0.3) is 0 Å². The van der Waals surface area contributed by atoms with Gasteiger partial charge in [0.2, 0.25) is 0 Å². The van der Waals surface area contributed by atoms with E-state index < -0.39 is 0 Å². The second kappa shape index (κ2) is 7.59. The van der Waals surface area contributed by atoms with Gasteiger partial charge in [0, 0.05) is 22.7 Å². The highest BCUT2D eigenvalue weighted by molar-refractivity contribution is 7.07. The Balaban J connectivity index is 1.55. The zero-order valence-corrected chi connectivity index (χ0v) is 16.6. The van der Waals surface area contributed by atoms with E-state index in [1.807, 2.05) is 35.9 Å². The highest BCUT2D eigenvalue weighted by atomic mass is 32.1. The van der Waals surface area contributed by atoms with Gasteiger partial charge in [-0.15, -0.1) is 11.3 Å². The van der Waals surface area contributed by atoms with Crippen LogP contribution in [-0.4, -0.2) is 22.4 Å². The minimum Gasteiger partial charge on any atom is -0.454 e. The number of nitrogens with one attached hydrogen (secondary N) is 1. The molecule has 0 unspecified atom stereocenters. The van der Waals surface area contributed by atoms with Gasteiger partial charge in [-0.25, -0.2) is 0 Å². The monoisotopic (exact) mass is 395 g/mol. The van der Waals surface area contributed by atoms with Gasteiger partial charge in [0.15, 0.2) is 10.6 Å². The molecule has 144 valence electrons. The molecule has 1 aliphatic carbocycles. The van der Waals surface area contributed by atoms with Gasteiger partial charge in [-0.3, -0.25) is 9.59 Å². The Kier molecular flexibility index (Phi) is 5.00. The zero-order chi connectivity index (χ0) is 19.7. The van der Waals surface area contributed by atoms with Crippen LogP contribution < -0.4 is 10.1 Å². The van der Waals surface area contributed by atoms with Crippen molar-refractivity contribution in [2.75, 3.05) is 0 Å². The molecule has 2 amide bonds. The van der Waals surface area contributed by atoms with Crippen molar-refractivity contribution in [3.63, 3.8) is 0 Å². The molecule has 6 nitrogen and oxygen atoms in total. The lowest BCUT2D eigenvalue weighted by molar-refractivity contribution is 0.0920. The van der Waals surface area contributed by atoms with Crippen LogP contribution in [0.1, 0.15) is 50.8 Å². The third-order valence-corrected chi connectivity index (χ3v) is 5.58. The number of benzene rings is 1. The van der Waals surface area contributed by atoms with E-state index in [-0.39, 0.29) is 17.9 Å². The predicted molar refractivity (Wildman–Crippen MR) is 106 cm³/mol. The fraction of sp³-hybridized carbons (Fsp3) is 0.286. The Bertz CT molecular complexity index is 1080. The van der Waals surface area contributed by atoms with E-state index >= 15 is 0 Å². The second-order valence-electron chi connectivity index (χ2n) is 7.04. The number of rotatable bonds is 5. The van der Waals surface area contributed by atoms with Crippen molar-refractivity contribution in [1.82, 2.24) is 9.88 Å². The third-order valence-electron chi connectivity index (χ3n) is 4.60. The molecule has 28 heavy (non-hydrogen) atoms. The van der Waals surface area contributed by atoms with Crippen molar-refractivity contribution in [1.29, 1.82) is 0 Å². The smallest absolute Gasteiger partial charge is 0.287 e. The van der Waals surface area contributed by atoms with Crippen LogP contribution in [0.4, 0.5) is 0 Å².